The summed E-state index contributed by atoms with van der Waals surface area (Å²) in [6, 6.07) is 14.8. The lowest BCUT2D eigenvalue weighted by atomic mass is 10.0. The highest BCUT2D eigenvalue weighted by molar-refractivity contribution is 9.10. The molecule has 4 heteroatoms. The van der Waals surface area contributed by atoms with Gasteiger partial charge in [-0.15, -0.1) is 11.8 Å². The Morgan fingerprint density at radius 2 is 1.95 bits per heavy atom. The molecule has 0 amide bonds. The highest BCUT2D eigenvalue weighted by atomic mass is 79.9. The molecule has 0 saturated carbocycles. The van der Waals surface area contributed by atoms with Gasteiger partial charge in [0.25, 0.3) is 0 Å². The van der Waals surface area contributed by atoms with Gasteiger partial charge in [-0.05, 0) is 42.3 Å². The average molecular weight is 354 g/mol. The molecular formula is C16H17BrFNS. The fraction of sp³-hybridized carbons (Fsp3) is 0.250. The van der Waals surface area contributed by atoms with Crippen molar-refractivity contribution in [1.29, 1.82) is 0 Å². The maximum absolute atomic E-state index is 13.4. The maximum Gasteiger partial charge on any atom is 0.123 e. The van der Waals surface area contributed by atoms with Gasteiger partial charge in [0, 0.05) is 20.7 Å². The van der Waals surface area contributed by atoms with Crippen molar-refractivity contribution in [1.82, 2.24) is 0 Å². The Morgan fingerprint density at radius 3 is 2.60 bits per heavy atom. The molecule has 0 bridgehead atoms. The molecule has 20 heavy (non-hydrogen) atoms. The largest absolute Gasteiger partial charge is 0.326 e. The minimum absolute atomic E-state index is 0.0132. The maximum atomic E-state index is 13.4. The normalized spacial score (nSPS) is 14.0. The molecule has 2 rings (SSSR count). The van der Waals surface area contributed by atoms with E-state index < -0.39 is 0 Å². The van der Waals surface area contributed by atoms with Gasteiger partial charge in [-0.25, -0.2) is 4.39 Å². The van der Waals surface area contributed by atoms with Crippen LogP contribution in [0.1, 0.15) is 24.2 Å². The Kier molecular flexibility index (Phi) is 5.64. The number of nitrogens with two attached hydrogens (primary N) is 1. The first-order valence-corrected chi connectivity index (χ1v) is 8.20. The van der Waals surface area contributed by atoms with Crippen LogP contribution in [0.15, 0.2) is 57.9 Å². The van der Waals surface area contributed by atoms with Crippen molar-refractivity contribution in [2.24, 2.45) is 5.73 Å². The molecule has 0 radical (unpaired) electrons. The predicted molar refractivity (Wildman–Crippen MR) is 87.4 cm³/mol. The molecule has 106 valence electrons. The first-order chi connectivity index (χ1) is 9.60. The molecule has 0 spiro atoms. The molecular weight excluding hydrogens is 337 g/mol. The first kappa shape index (κ1) is 15.5. The van der Waals surface area contributed by atoms with Gasteiger partial charge in [-0.3, -0.25) is 0 Å². The third-order valence-electron chi connectivity index (χ3n) is 3.10. The third-order valence-corrected chi connectivity index (χ3v) is 4.99. The van der Waals surface area contributed by atoms with E-state index in [9.17, 15) is 4.39 Å². The lowest BCUT2D eigenvalue weighted by Gasteiger charge is -2.23. The molecule has 2 aromatic rings. The Labute approximate surface area is 131 Å². The summed E-state index contributed by atoms with van der Waals surface area (Å²) >= 11 is 5.15. The van der Waals surface area contributed by atoms with Gasteiger partial charge in [-0.1, -0.05) is 41.1 Å². The second-order valence-corrected chi connectivity index (χ2v) is 6.75. The van der Waals surface area contributed by atoms with Gasteiger partial charge < -0.3 is 5.73 Å². The molecule has 0 heterocycles. The zero-order valence-electron chi connectivity index (χ0n) is 11.2. The van der Waals surface area contributed by atoms with E-state index in [1.807, 2.05) is 24.3 Å². The fourth-order valence-corrected chi connectivity index (χ4v) is 3.83. The summed E-state index contributed by atoms with van der Waals surface area (Å²) in [6.45, 7) is 2.05. The number of thioether (sulfide) groups is 1. The van der Waals surface area contributed by atoms with Crippen molar-refractivity contribution in [2.75, 3.05) is 0 Å². The molecule has 0 saturated heterocycles. The van der Waals surface area contributed by atoms with Crippen LogP contribution in [0.4, 0.5) is 4.39 Å². The van der Waals surface area contributed by atoms with Crippen LogP contribution >= 0.6 is 27.7 Å². The number of hydrogen-bond donors (Lipinski definition) is 1. The molecule has 0 aliphatic rings. The standard InChI is InChI=1S/C16H17BrFNS/c1-2-15(19)16(11-5-3-7-13(18)9-11)20-14-8-4-6-12(17)10-14/h3-10,15-16H,2,19H2,1H3. The van der Waals surface area contributed by atoms with Crippen LogP contribution in [0.2, 0.25) is 0 Å². The lowest BCUT2D eigenvalue weighted by Crippen LogP contribution is -2.25. The zero-order chi connectivity index (χ0) is 14.5. The van der Waals surface area contributed by atoms with E-state index in [0.29, 0.717) is 0 Å². The molecule has 0 aromatic heterocycles. The highest BCUT2D eigenvalue weighted by Gasteiger charge is 2.20. The molecule has 1 nitrogen and oxygen atoms in total. The monoisotopic (exact) mass is 353 g/mol. The SMILES string of the molecule is CCC(N)C(Sc1cccc(Br)c1)c1cccc(F)c1. The van der Waals surface area contributed by atoms with Gasteiger partial charge in [0.2, 0.25) is 0 Å². The zero-order valence-corrected chi connectivity index (χ0v) is 13.6. The molecule has 2 atom stereocenters. The van der Waals surface area contributed by atoms with Crippen molar-refractivity contribution in [3.8, 4) is 0 Å². The van der Waals surface area contributed by atoms with Crippen molar-refractivity contribution in [2.45, 2.75) is 29.5 Å². The minimum Gasteiger partial charge on any atom is -0.326 e. The van der Waals surface area contributed by atoms with Gasteiger partial charge in [0.1, 0.15) is 5.82 Å². The Hall–Kier alpha value is -0.840. The Morgan fingerprint density at radius 1 is 1.20 bits per heavy atom. The summed E-state index contributed by atoms with van der Waals surface area (Å²) in [7, 11) is 0. The second-order valence-electron chi connectivity index (χ2n) is 4.62. The van der Waals surface area contributed by atoms with E-state index in [2.05, 4.69) is 28.9 Å². The van der Waals surface area contributed by atoms with Crippen LogP contribution in [0.5, 0.6) is 0 Å². The van der Waals surface area contributed by atoms with Crippen LogP contribution < -0.4 is 5.73 Å². The summed E-state index contributed by atoms with van der Waals surface area (Å²) in [6.07, 6.45) is 0.849. The average Bonchev–Trinajstić information content (AvgIpc) is 2.44. The van der Waals surface area contributed by atoms with Crippen molar-refractivity contribution < 1.29 is 4.39 Å². The van der Waals surface area contributed by atoms with Crippen LogP contribution in [0.3, 0.4) is 0 Å². The second kappa shape index (κ2) is 7.25. The molecule has 2 aromatic carbocycles. The number of halogens is 2. The molecule has 2 N–H and O–H groups in total. The van der Waals surface area contributed by atoms with Crippen LogP contribution in [-0.4, -0.2) is 6.04 Å². The van der Waals surface area contributed by atoms with Gasteiger partial charge >= 0.3 is 0 Å². The number of rotatable bonds is 5. The fourth-order valence-electron chi connectivity index (χ4n) is 1.99. The lowest BCUT2D eigenvalue weighted by molar-refractivity contribution is 0.610. The predicted octanol–water partition coefficient (Wildman–Crippen LogP) is 5.16. The van der Waals surface area contributed by atoms with E-state index in [4.69, 9.17) is 5.73 Å². The van der Waals surface area contributed by atoms with Crippen molar-refractivity contribution in [3.05, 3.63) is 64.4 Å². The van der Waals surface area contributed by atoms with E-state index in [1.54, 1.807) is 23.9 Å². The molecule has 0 fully saturated rings. The van der Waals surface area contributed by atoms with Gasteiger partial charge in [0.15, 0.2) is 0 Å². The van der Waals surface area contributed by atoms with Crippen LogP contribution in [-0.2, 0) is 0 Å². The van der Waals surface area contributed by atoms with E-state index in [-0.39, 0.29) is 17.1 Å². The summed E-state index contributed by atoms with van der Waals surface area (Å²) in [5.41, 5.74) is 7.16. The van der Waals surface area contributed by atoms with Crippen molar-refractivity contribution >= 4 is 27.7 Å². The molecule has 2 unspecified atom stereocenters. The number of hydrogen-bond acceptors (Lipinski definition) is 2. The minimum atomic E-state index is -0.217. The topological polar surface area (TPSA) is 26.0 Å². The van der Waals surface area contributed by atoms with E-state index in [0.717, 1.165) is 21.4 Å². The van der Waals surface area contributed by atoms with E-state index in [1.165, 1.54) is 6.07 Å². The summed E-state index contributed by atoms with van der Waals surface area (Å²) in [4.78, 5) is 1.12. The third kappa shape index (κ3) is 4.08. The highest BCUT2D eigenvalue weighted by Crippen LogP contribution is 2.38. The summed E-state index contributed by atoms with van der Waals surface area (Å²) < 4.78 is 14.5. The van der Waals surface area contributed by atoms with Crippen molar-refractivity contribution in [3.63, 3.8) is 0 Å². The van der Waals surface area contributed by atoms with Crippen LogP contribution in [0, 0.1) is 5.82 Å². The van der Waals surface area contributed by atoms with Crippen LogP contribution in [0.25, 0.3) is 0 Å². The first-order valence-electron chi connectivity index (χ1n) is 6.53. The smallest absolute Gasteiger partial charge is 0.123 e. The quantitative estimate of drug-likeness (QED) is 0.751. The van der Waals surface area contributed by atoms with Gasteiger partial charge in [0.05, 0.1) is 0 Å². The molecule has 0 aliphatic carbocycles. The summed E-state index contributed by atoms with van der Waals surface area (Å²) in [5.74, 6) is -0.217. The Bertz CT molecular complexity index is 576. The number of benzene rings is 2. The van der Waals surface area contributed by atoms with E-state index >= 15 is 0 Å². The summed E-state index contributed by atoms with van der Waals surface area (Å²) in [5, 5.41) is 0.0463. The molecule has 0 aliphatic heterocycles. The Balaban J connectivity index is 2.29. The van der Waals surface area contributed by atoms with Gasteiger partial charge in [-0.2, -0.15) is 0 Å².